The average Bonchev–Trinajstić information content (AvgIpc) is 2.62. The number of para-hydroxylation sites is 2. The lowest BCUT2D eigenvalue weighted by molar-refractivity contribution is -0.121. The molecule has 1 aromatic carbocycles. The molecule has 0 radical (unpaired) electrons. The summed E-state index contributed by atoms with van der Waals surface area (Å²) in [7, 11) is -1.97. The number of anilines is 2. The minimum atomic E-state index is -3.53. The number of hydrogen-bond acceptors (Lipinski definition) is 6. The van der Waals surface area contributed by atoms with Crippen LogP contribution in [0.5, 0.6) is 0 Å². The third-order valence-electron chi connectivity index (χ3n) is 4.07. The number of benzene rings is 1. The Labute approximate surface area is 155 Å². The van der Waals surface area contributed by atoms with Gasteiger partial charge in [0.25, 0.3) is 0 Å². The van der Waals surface area contributed by atoms with Gasteiger partial charge in [-0.15, -0.1) is 0 Å². The molecule has 8 nitrogen and oxygen atoms in total. The third-order valence-corrected chi connectivity index (χ3v) is 5.25. The normalized spacial score (nSPS) is 14.9. The molecule has 0 aromatic heterocycles. The number of hydrogen-bond donors (Lipinski definition) is 1. The Morgan fingerprint density at radius 2 is 2.00 bits per heavy atom. The van der Waals surface area contributed by atoms with Crippen molar-refractivity contribution in [3.05, 3.63) is 24.3 Å². The van der Waals surface area contributed by atoms with Gasteiger partial charge in [0.05, 0.1) is 37.5 Å². The van der Waals surface area contributed by atoms with Gasteiger partial charge in [0.1, 0.15) is 0 Å². The summed E-state index contributed by atoms with van der Waals surface area (Å²) in [4.78, 5) is 14.1. The molecule has 1 aliphatic rings. The largest absolute Gasteiger partial charge is 0.383 e. The molecule has 1 N–H and O–H groups in total. The first-order valence-electron chi connectivity index (χ1n) is 8.58. The number of morpholine rings is 1. The standard InChI is InChI=1S/C17H27N3O5S/c1-24-12-8-18-17(21)7-9-20(26(2,22)23)16-6-4-3-5-15(16)19-10-13-25-14-11-19/h3-6H,7-14H2,1-2H3,(H,18,21). The summed E-state index contributed by atoms with van der Waals surface area (Å²) in [5, 5.41) is 2.71. The lowest BCUT2D eigenvalue weighted by atomic mass is 10.2. The smallest absolute Gasteiger partial charge is 0.232 e. The summed E-state index contributed by atoms with van der Waals surface area (Å²) in [6, 6.07) is 7.36. The molecule has 146 valence electrons. The van der Waals surface area contributed by atoms with Gasteiger partial charge in [0.2, 0.25) is 15.9 Å². The maximum absolute atomic E-state index is 12.4. The molecule has 1 aliphatic heterocycles. The number of carbonyl (C=O) groups is 1. The summed E-state index contributed by atoms with van der Waals surface area (Å²) < 4.78 is 36.3. The molecule has 1 saturated heterocycles. The molecular formula is C17H27N3O5S. The predicted octanol–water partition coefficient (Wildman–Crippen LogP) is 0.442. The molecule has 1 amide bonds. The van der Waals surface area contributed by atoms with Gasteiger partial charge in [-0.25, -0.2) is 8.42 Å². The Kier molecular flexibility index (Phi) is 7.67. The molecule has 1 heterocycles. The number of amides is 1. The van der Waals surface area contributed by atoms with E-state index in [1.165, 1.54) is 4.31 Å². The van der Waals surface area contributed by atoms with E-state index in [0.717, 1.165) is 11.9 Å². The molecule has 0 unspecified atom stereocenters. The van der Waals surface area contributed by atoms with Crippen molar-refractivity contribution in [3.8, 4) is 0 Å². The van der Waals surface area contributed by atoms with Crippen LogP contribution in [-0.2, 0) is 24.3 Å². The minimum absolute atomic E-state index is 0.0776. The summed E-state index contributed by atoms with van der Waals surface area (Å²) in [5.74, 6) is -0.209. The van der Waals surface area contributed by atoms with E-state index in [1.54, 1.807) is 19.2 Å². The van der Waals surface area contributed by atoms with Crippen LogP contribution in [0.1, 0.15) is 6.42 Å². The summed E-state index contributed by atoms with van der Waals surface area (Å²) in [6.45, 7) is 3.52. The Hall–Kier alpha value is -1.84. The van der Waals surface area contributed by atoms with Crippen molar-refractivity contribution in [1.29, 1.82) is 0 Å². The molecule has 1 fully saturated rings. The molecule has 26 heavy (non-hydrogen) atoms. The Bertz CT molecular complexity index is 689. The minimum Gasteiger partial charge on any atom is -0.383 e. The van der Waals surface area contributed by atoms with Crippen molar-refractivity contribution in [3.63, 3.8) is 0 Å². The van der Waals surface area contributed by atoms with Gasteiger partial charge >= 0.3 is 0 Å². The fourth-order valence-electron chi connectivity index (χ4n) is 2.80. The van der Waals surface area contributed by atoms with E-state index in [-0.39, 0.29) is 18.9 Å². The van der Waals surface area contributed by atoms with Crippen molar-refractivity contribution in [1.82, 2.24) is 5.32 Å². The molecule has 9 heteroatoms. The van der Waals surface area contributed by atoms with Gasteiger partial charge in [-0.2, -0.15) is 0 Å². The van der Waals surface area contributed by atoms with E-state index in [9.17, 15) is 13.2 Å². The number of sulfonamides is 1. The molecule has 1 aromatic rings. The van der Waals surface area contributed by atoms with Crippen LogP contribution in [0.25, 0.3) is 0 Å². The zero-order chi connectivity index (χ0) is 19.0. The summed E-state index contributed by atoms with van der Waals surface area (Å²) >= 11 is 0. The van der Waals surface area contributed by atoms with E-state index in [1.807, 2.05) is 12.1 Å². The van der Waals surface area contributed by atoms with Crippen LogP contribution in [-0.4, -0.2) is 73.7 Å². The highest BCUT2D eigenvalue weighted by Gasteiger charge is 2.24. The van der Waals surface area contributed by atoms with Crippen LogP contribution in [0.2, 0.25) is 0 Å². The summed E-state index contributed by atoms with van der Waals surface area (Å²) in [6.07, 6.45) is 1.24. The predicted molar refractivity (Wildman–Crippen MR) is 101 cm³/mol. The van der Waals surface area contributed by atoms with Crippen LogP contribution in [0.3, 0.4) is 0 Å². The highest BCUT2D eigenvalue weighted by molar-refractivity contribution is 7.92. The van der Waals surface area contributed by atoms with Crippen molar-refractivity contribution in [2.45, 2.75) is 6.42 Å². The summed E-state index contributed by atoms with van der Waals surface area (Å²) in [5.41, 5.74) is 1.42. The molecule has 2 rings (SSSR count). The van der Waals surface area contributed by atoms with Gasteiger partial charge in [-0.1, -0.05) is 12.1 Å². The van der Waals surface area contributed by atoms with Crippen LogP contribution in [0.15, 0.2) is 24.3 Å². The van der Waals surface area contributed by atoms with Crippen molar-refractivity contribution in [2.24, 2.45) is 0 Å². The first kappa shape index (κ1) is 20.5. The fraction of sp³-hybridized carbons (Fsp3) is 0.588. The van der Waals surface area contributed by atoms with Gasteiger partial charge in [-0.3, -0.25) is 9.10 Å². The zero-order valence-electron chi connectivity index (χ0n) is 15.3. The zero-order valence-corrected chi connectivity index (χ0v) is 16.1. The van der Waals surface area contributed by atoms with Crippen molar-refractivity contribution < 1.29 is 22.7 Å². The first-order chi connectivity index (χ1) is 12.4. The van der Waals surface area contributed by atoms with E-state index in [4.69, 9.17) is 9.47 Å². The average molecular weight is 385 g/mol. The number of rotatable bonds is 9. The second kappa shape index (κ2) is 9.75. The number of ether oxygens (including phenoxy) is 2. The van der Waals surface area contributed by atoms with Gasteiger partial charge < -0.3 is 19.7 Å². The first-order valence-corrected chi connectivity index (χ1v) is 10.4. The van der Waals surface area contributed by atoms with Gasteiger partial charge in [0.15, 0.2) is 0 Å². The Morgan fingerprint density at radius 1 is 1.31 bits per heavy atom. The van der Waals surface area contributed by atoms with E-state index < -0.39 is 10.0 Å². The molecule has 0 saturated carbocycles. The third kappa shape index (κ3) is 5.86. The molecule has 0 atom stereocenters. The van der Waals surface area contributed by atoms with Gasteiger partial charge in [-0.05, 0) is 12.1 Å². The molecule has 0 spiro atoms. The van der Waals surface area contributed by atoms with Crippen LogP contribution in [0.4, 0.5) is 11.4 Å². The van der Waals surface area contributed by atoms with Gasteiger partial charge in [0, 0.05) is 39.7 Å². The molecule has 0 bridgehead atoms. The number of methoxy groups -OCH3 is 1. The van der Waals surface area contributed by atoms with E-state index in [2.05, 4.69) is 10.2 Å². The van der Waals surface area contributed by atoms with Crippen LogP contribution in [0, 0.1) is 0 Å². The molecular weight excluding hydrogens is 358 g/mol. The van der Waals surface area contributed by atoms with Crippen molar-refractivity contribution >= 4 is 27.3 Å². The SMILES string of the molecule is COCCNC(=O)CCN(c1ccccc1N1CCOCC1)S(C)(=O)=O. The number of nitrogens with zero attached hydrogens (tertiary/aromatic N) is 2. The number of nitrogens with one attached hydrogen (secondary N) is 1. The lowest BCUT2D eigenvalue weighted by Crippen LogP contribution is -2.39. The van der Waals surface area contributed by atoms with E-state index in [0.29, 0.717) is 45.1 Å². The van der Waals surface area contributed by atoms with Crippen molar-refractivity contribution in [2.75, 3.05) is 68.6 Å². The fourth-order valence-corrected chi connectivity index (χ4v) is 3.73. The Morgan fingerprint density at radius 3 is 2.65 bits per heavy atom. The Balaban J connectivity index is 2.16. The second-order valence-electron chi connectivity index (χ2n) is 6.02. The maximum atomic E-state index is 12.4. The van der Waals surface area contributed by atoms with Crippen LogP contribution >= 0.6 is 0 Å². The highest BCUT2D eigenvalue weighted by atomic mass is 32.2. The van der Waals surface area contributed by atoms with E-state index >= 15 is 0 Å². The number of carbonyl (C=O) groups excluding carboxylic acids is 1. The van der Waals surface area contributed by atoms with Crippen LogP contribution < -0.4 is 14.5 Å². The highest BCUT2D eigenvalue weighted by Crippen LogP contribution is 2.31. The quantitative estimate of drug-likeness (QED) is 0.621. The topological polar surface area (TPSA) is 88.2 Å². The monoisotopic (exact) mass is 385 g/mol. The molecule has 0 aliphatic carbocycles. The lowest BCUT2D eigenvalue weighted by Gasteiger charge is -2.33. The maximum Gasteiger partial charge on any atom is 0.232 e. The second-order valence-corrected chi connectivity index (χ2v) is 7.92.